The largest absolute Gasteiger partial charge is 0.367 e. The lowest BCUT2D eigenvalue weighted by Crippen LogP contribution is -2.07. The highest BCUT2D eigenvalue weighted by atomic mass is 35.5. The Kier molecular flexibility index (Phi) is 2.60. The minimum absolute atomic E-state index is 0.169. The molecule has 0 atom stereocenters. The van der Waals surface area contributed by atoms with Crippen molar-refractivity contribution in [3.8, 4) is 0 Å². The van der Waals surface area contributed by atoms with E-state index in [-0.39, 0.29) is 5.88 Å². The number of hydrogen-bond acceptors (Lipinski definition) is 3. The molecule has 1 aromatic rings. The van der Waals surface area contributed by atoms with Gasteiger partial charge in [-0.15, -0.1) is 11.6 Å². The highest BCUT2D eigenvalue weighted by molar-refractivity contribution is 6.38. The van der Waals surface area contributed by atoms with Gasteiger partial charge in [0, 0.05) is 18.9 Å². The SMILES string of the molecule is Cn1cccc1/C=C1\C(=O)ON=C1CCl. The maximum Gasteiger partial charge on any atom is 0.367 e. The van der Waals surface area contributed by atoms with Crippen LogP contribution >= 0.6 is 11.6 Å². The molecule has 1 aliphatic heterocycles. The summed E-state index contributed by atoms with van der Waals surface area (Å²) in [6.07, 6.45) is 3.61. The first-order chi connectivity index (χ1) is 7.22. The van der Waals surface area contributed by atoms with E-state index in [1.807, 2.05) is 29.9 Å². The summed E-state index contributed by atoms with van der Waals surface area (Å²) in [6, 6.07) is 3.79. The molecule has 1 aliphatic rings. The summed E-state index contributed by atoms with van der Waals surface area (Å²) in [7, 11) is 1.89. The molecule has 0 saturated heterocycles. The quantitative estimate of drug-likeness (QED) is 0.435. The second kappa shape index (κ2) is 3.90. The van der Waals surface area contributed by atoms with Gasteiger partial charge in [0.05, 0.1) is 11.5 Å². The zero-order valence-corrected chi connectivity index (χ0v) is 8.86. The van der Waals surface area contributed by atoms with Gasteiger partial charge in [-0.3, -0.25) is 0 Å². The molecule has 5 heteroatoms. The number of alkyl halides is 1. The first-order valence-corrected chi connectivity index (χ1v) is 4.93. The number of oxime groups is 1. The smallest absolute Gasteiger partial charge is 0.351 e. The van der Waals surface area contributed by atoms with E-state index in [4.69, 9.17) is 11.6 Å². The Morgan fingerprint density at radius 1 is 1.67 bits per heavy atom. The molecule has 0 bridgehead atoms. The molecule has 15 heavy (non-hydrogen) atoms. The molecule has 2 rings (SSSR count). The van der Waals surface area contributed by atoms with E-state index in [0.29, 0.717) is 11.3 Å². The van der Waals surface area contributed by atoms with Crippen LogP contribution in [-0.4, -0.2) is 22.1 Å². The van der Waals surface area contributed by atoms with E-state index < -0.39 is 5.97 Å². The number of aryl methyl sites for hydroxylation is 1. The number of carbonyl (C=O) groups is 1. The number of aromatic nitrogens is 1. The predicted molar refractivity (Wildman–Crippen MR) is 57.6 cm³/mol. The first kappa shape index (κ1) is 9.98. The van der Waals surface area contributed by atoms with Gasteiger partial charge in [0.25, 0.3) is 0 Å². The number of nitrogens with zero attached hydrogens (tertiary/aromatic N) is 2. The zero-order valence-electron chi connectivity index (χ0n) is 8.11. The van der Waals surface area contributed by atoms with Crippen LogP contribution in [0.2, 0.25) is 0 Å². The predicted octanol–water partition coefficient (Wildman–Crippen LogP) is 1.56. The third-order valence-corrected chi connectivity index (χ3v) is 2.43. The minimum Gasteiger partial charge on any atom is -0.351 e. The number of rotatable bonds is 2. The van der Waals surface area contributed by atoms with Crippen LogP contribution in [-0.2, 0) is 16.7 Å². The summed E-state index contributed by atoms with van der Waals surface area (Å²) in [6.45, 7) is 0. The summed E-state index contributed by atoms with van der Waals surface area (Å²) in [5, 5.41) is 3.58. The lowest BCUT2D eigenvalue weighted by molar-refractivity contribution is -0.136. The topological polar surface area (TPSA) is 43.6 Å². The number of halogens is 1. The van der Waals surface area contributed by atoms with Gasteiger partial charge < -0.3 is 9.40 Å². The summed E-state index contributed by atoms with van der Waals surface area (Å²) in [5.74, 6) is -0.283. The Labute approximate surface area is 91.8 Å². The van der Waals surface area contributed by atoms with Crippen molar-refractivity contribution in [1.82, 2.24) is 4.57 Å². The molecular weight excluding hydrogens is 216 g/mol. The molecular formula is C10H9ClN2O2. The lowest BCUT2D eigenvalue weighted by atomic mass is 10.1. The van der Waals surface area contributed by atoms with Crippen LogP contribution in [0.3, 0.4) is 0 Å². The Hall–Kier alpha value is -1.55. The van der Waals surface area contributed by atoms with Gasteiger partial charge in [-0.25, -0.2) is 4.79 Å². The third kappa shape index (κ3) is 1.80. The average Bonchev–Trinajstić information content (AvgIpc) is 2.77. The molecule has 0 spiro atoms. The highest BCUT2D eigenvalue weighted by Gasteiger charge is 2.24. The fraction of sp³-hybridized carbons (Fsp3) is 0.200. The molecule has 0 saturated carbocycles. The van der Waals surface area contributed by atoms with Gasteiger partial charge in [0.2, 0.25) is 0 Å². The fourth-order valence-corrected chi connectivity index (χ4v) is 1.52. The highest BCUT2D eigenvalue weighted by Crippen LogP contribution is 2.16. The third-order valence-electron chi connectivity index (χ3n) is 2.17. The zero-order chi connectivity index (χ0) is 10.8. The van der Waals surface area contributed by atoms with Crippen LogP contribution in [0.25, 0.3) is 6.08 Å². The molecule has 1 aromatic heterocycles. The fourth-order valence-electron chi connectivity index (χ4n) is 1.32. The van der Waals surface area contributed by atoms with Gasteiger partial charge in [0.15, 0.2) is 0 Å². The molecule has 78 valence electrons. The van der Waals surface area contributed by atoms with Crippen LogP contribution in [0.1, 0.15) is 5.69 Å². The molecule has 4 nitrogen and oxygen atoms in total. The second-order valence-corrected chi connectivity index (χ2v) is 3.42. The van der Waals surface area contributed by atoms with E-state index in [2.05, 4.69) is 9.99 Å². The summed E-state index contributed by atoms with van der Waals surface area (Å²) in [4.78, 5) is 15.9. The van der Waals surface area contributed by atoms with Gasteiger partial charge in [-0.05, 0) is 18.2 Å². The van der Waals surface area contributed by atoms with Crippen molar-refractivity contribution in [2.75, 3.05) is 5.88 Å². The van der Waals surface area contributed by atoms with E-state index in [9.17, 15) is 4.79 Å². The molecule has 2 heterocycles. The summed E-state index contributed by atoms with van der Waals surface area (Å²) < 4.78 is 1.89. The van der Waals surface area contributed by atoms with Crippen LogP contribution in [0.15, 0.2) is 29.1 Å². The maximum absolute atomic E-state index is 11.3. The Bertz CT molecular complexity index is 460. The maximum atomic E-state index is 11.3. The lowest BCUT2D eigenvalue weighted by Gasteiger charge is -1.98. The van der Waals surface area contributed by atoms with E-state index >= 15 is 0 Å². The van der Waals surface area contributed by atoms with Crippen molar-refractivity contribution in [2.45, 2.75) is 0 Å². The van der Waals surface area contributed by atoms with Gasteiger partial charge in [-0.2, -0.15) is 0 Å². The molecule has 0 amide bonds. The Balaban J connectivity index is 2.38. The standard InChI is InChI=1S/C10H9ClN2O2/c1-13-4-2-3-7(13)5-8-9(6-11)12-15-10(8)14/h2-5H,6H2,1H3/b8-5-. The number of hydrogen-bond donors (Lipinski definition) is 0. The van der Waals surface area contributed by atoms with E-state index in [1.54, 1.807) is 6.08 Å². The molecule has 0 N–H and O–H groups in total. The Morgan fingerprint density at radius 2 is 2.47 bits per heavy atom. The average molecular weight is 225 g/mol. The van der Waals surface area contributed by atoms with Crippen molar-refractivity contribution in [3.05, 3.63) is 29.6 Å². The van der Waals surface area contributed by atoms with Crippen molar-refractivity contribution in [1.29, 1.82) is 0 Å². The van der Waals surface area contributed by atoms with Gasteiger partial charge in [-0.1, -0.05) is 5.16 Å². The van der Waals surface area contributed by atoms with Crippen LogP contribution < -0.4 is 0 Å². The van der Waals surface area contributed by atoms with Crippen molar-refractivity contribution < 1.29 is 9.63 Å². The van der Waals surface area contributed by atoms with Crippen molar-refractivity contribution in [3.63, 3.8) is 0 Å². The Morgan fingerprint density at radius 3 is 3.07 bits per heavy atom. The minimum atomic E-state index is -0.452. The second-order valence-electron chi connectivity index (χ2n) is 3.15. The summed E-state index contributed by atoms with van der Waals surface area (Å²) in [5.41, 5.74) is 1.80. The van der Waals surface area contributed by atoms with Crippen LogP contribution in [0.5, 0.6) is 0 Å². The molecule has 0 fully saturated rings. The van der Waals surface area contributed by atoms with Crippen molar-refractivity contribution in [2.24, 2.45) is 12.2 Å². The molecule has 0 unspecified atom stereocenters. The van der Waals surface area contributed by atoms with Gasteiger partial charge in [0.1, 0.15) is 5.71 Å². The van der Waals surface area contributed by atoms with E-state index in [0.717, 1.165) is 5.69 Å². The van der Waals surface area contributed by atoms with Crippen molar-refractivity contribution >= 4 is 29.4 Å². The first-order valence-electron chi connectivity index (χ1n) is 4.40. The van der Waals surface area contributed by atoms with E-state index in [1.165, 1.54) is 0 Å². The molecule has 0 radical (unpaired) electrons. The molecule has 0 aromatic carbocycles. The van der Waals surface area contributed by atoms with Crippen LogP contribution in [0, 0.1) is 0 Å². The molecule has 0 aliphatic carbocycles. The number of carbonyl (C=O) groups excluding carboxylic acids is 1. The monoisotopic (exact) mass is 224 g/mol. The summed E-state index contributed by atoms with van der Waals surface area (Å²) >= 11 is 5.64. The normalized spacial score (nSPS) is 18.1. The van der Waals surface area contributed by atoms with Crippen LogP contribution in [0.4, 0.5) is 0 Å². The van der Waals surface area contributed by atoms with Gasteiger partial charge >= 0.3 is 5.97 Å².